The SMILES string of the molecule is C#C[C@@]12COP(=O)(NC3(C(=O)OCc4ccccc4)CC3)O[C@@H]1C[C@H](n1cnc3c(N)nc(F)nc31)O2. The van der Waals surface area contributed by atoms with Crippen molar-refractivity contribution < 1.29 is 32.3 Å². The number of nitrogen functional groups attached to an aromatic ring is 1. The Hall–Kier alpha value is -3.40. The number of nitrogens with two attached hydrogens (primary N) is 1. The van der Waals surface area contributed by atoms with Crippen LogP contribution in [0.15, 0.2) is 36.7 Å². The molecule has 4 atom stereocenters. The summed E-state index contributed by atoms with van der Waals surface area (Å²) in [6.45, 7) is -0.177. The van der Waals surface area contributed by atoms with Crippen molar-refractivity contribution in [2.45, 2.75) is 49.3 Å². The van der Waals surface area contributed by atoms with Crippen molar-refractivity contribution in [1.82, 2.24) is 24.6 Å². The zero-order valence-electron chi connectivity index (χ0n) is 19.4. The maximum absolute atomic E-state index is 13.8. The first-order valence-electron chi connectivity index (χ1n) is 11.5. The lowest BCUT2D eigenvalue weighted by atomic mass is 9.99. The second-order valence-corrected chi connectivity index (χ2v) is 10.9. The molecule has 37 heavy (non-hydrogen) atoms. The summed E-state index contributed by atoms with van der Waals surface area (Å²) in [6.07, 6.45) is 5.43. The third-order valence-corrected chi connectivity index (χ3v) is 8.38. The summed E-state index contributed by atoms with van der Waals surface area (Å²) in [6, 6.07) is 9.22. The molecule has 3 aliphatic rings. The van der Waals surface area contributed by atoms with Gasteiger partial charge in [-0.05, 0) is 18.4 Å². The van der Waals surface area contributed by atoms with Gasteiger partial charge < -0.3 is 15.2 Å². The van der Waals surface area contributed by atoms with Gasteiger partial charge in [-0.2, -0.15) is 14.4 Å². The van der Waals surface area contributed by atoms with Gasteiger partial charge >= 0.3 is 19.8 Å². The summed E-state index contributed by atoms with van der Waals surface area (Å²) >= 11 is 0. The molecule has 2 aromatic heterocycles. The molecule has 6 rings (SSSR count). The molecule has 1 aliphatic carbocycles. The number of nitrogens with one attached hydrogen (secondary N) is 1. The number of nitrogens with zero attached hydrogens (tertiary/aromatic N) is 4. The molecule has 3 fully saturated rings. The predicted molar refractivity (Wildman–Crippen MR) is 126 cm³/mol. The van der Waals surface area contributed by atoms with Crippen LogP contribution in [0, 0.1) is 18.4 Å². The number of terminal acetylenes is 1. The van der Waals surface area contributed by atoms with Crippen LogP contribution >= 0.6 is 7.75 Å². The lowest BCUT2D eigenvalue weighted by Crippen LogP contribution is -2.50. The highest BCUT2D eigenvalue weighted by Gasteiger charge is 2.61. The Bertz CT molecular complexity index is 1470. The average Bonchev–Trinajstić information content (AvgIpc) is 3.37. The summed E-state index contributed by atoms with van der Waals surface area (Å²) in [7, 11) is -3.97. The number of benzene rings is 1. The van der Waals surface area contributed by atoms with E-state index in [1.165, 1.54) is 10.9 Å². The Morgan fingerprint density at radius 3 is 2.86 bits per heavy atom. The van der Waals surface area contributed by atoms with Crippen molar-refractivity contribution in [2.24, 2.45) is 0 Å². The van der Waals surface area contributed by atoms with E-state index in [2.05, 4.69) is 26.0 Å². The van der Waals surface area contributed by atoms with Gasteiger partial charge in [0.1, 0.15) is 31.1 Å². The first kappa shape index (κ1) is 24.0. The third kappa shape index (κ3) is 4.17. The highest BCUT2D eigenvalue weighted by Crippen LogP contribution is 2.59. The maximum Gasteiger partial charge on any atom is 0.407 e. The molecule has 0 amide bonds. The number of rotatable bonds is 6. The fourth-order valence-corrected chi connectivity index (χ4v) is 6.47. The minimum Gasteiger partial charge on any atom is -0.459 e. The van der Waals surface area contributed by atoms with E-state index in [0.29, 0.717) is 12.8 Å². The van der Waals surface area contributed by atoms with Gasteiger partial charge in [-0.3, -0.25) is 18.4 Å². The molecule has 0 spiro atoms. The Kier molecular flexibility index (Phi) is 5.56. The Morgan fingerprint density at radius 1 is 1.35 bits per heavy atom. The number of hydrogen-bond donors (Lipinski definition) is 2. The number of halogens is 1. The summed E-state index contributed by atoms with van der Waals surface area (Å²) < 4.78 is 51.8. The van der Waals surface area contributed by atoms with Crippen LogP contribution in [0.3, 0.4) is 0 Å². The molecular formula is C23H22FN6O6P. The van der Waals surface area contributed by atoms with Crippen LogP contribution < -0.4 is 10.8 Å². The van der Waals surface area contributed by atoms with E-state index in [4.69, 9.17) is 30.7 Å². The van der Waals surface area contributed by atoms with E-state index in [0.717, 1.165) is 5.56 Å². The Labute approximate surface area is 210 Å². The normalized spacial score (nSPS) is 29.9. The molecule has 0 radical (unpaired) electrons. The van der Waals surface area contributed by atoms with E-state index in [-0.39, 0.29) is 36.6 Å². The van der Waals surface area contributed by atoms with Crippen LogP contribution in [0.4, 0.5) is 10.2 Å². The molecule has 12 nitrogen and oxygen atoms in total. The van der Waals surface area contributed by atoms with Crippen LogP contribution in [0.5, 0.6) is 0 Å². The summed E-state index contributed by atoms with van der Waals surface area (Å²) in [5.41, 5.74) is 4.34. The summed E-state index contributed by atoms with van der Waals surface area (Å²) in [5, 5.41) is 2.77. The standard InChI is InChI=1S/C23H22FN6O6P/c1-2-23-12-34-37(32,29-22(8-9-22)20(31)33-11-14-6-4-3-5-7-14)36-15(23)10-16(35-23)30-13-26-17-18(25)27-21(24)28-19(17)30/h1,3-7,13,15-16H,8-12H2,(H,29,32)(H2,25,27,28)/t15-,16-,23-,37?/m1/s1. The zero-order valence-corrected chi connectivity index (χ0v) is 20.3. The van der Waals surface area contributed by atoms with Crippen LogP contribution in [-0.2, 0) is 34.5 Å². The highest BCUT2D eigenvalue weighted by atomic mass is 31.2. The molecule has 1 aromatic carbocycles. The van der Waals surface area contributed by atoms with Gasteiger partial charge in [-0.15, -0.1) is 6.42 Å². The Morgan fingerprint density at radius 2 is 2.14 bits per heavy atom. The maximum atomic E-state index is 13.8. The molecule has 4 heterocycles. The number of carbonyl (C=O) groups excluding carboxylic acids is 1. The largest absolute Gasteiger partial charge is 0.459 e. The first-order valence-corrected chi connectivity index (χ1v) is 13.0. The van der Waals surface area contributed by atoms with E-state index < -0.39 is 43.3 Å². The Balaban J connectivity index is 1.18. The molecule has 1 saturated carbocycles. The summed E-state index contributed by atoms with van der Waals surface area (Å²) in [5.74, 6) is 1.88. The first-order chi connectivity index (χ1) is 17.7. The van der Waals surface area contributed by atoms with Gasteiger partial charge in [0.25, 0.3) is 0 Å². The molecule has 2 aliphatic heterocycles. The van der Waals surface area contributed by atoms with E-state index in [1.807, 2.05) is 30.3 Å². The highest BCUT2D eigenvalue weighted by molar-refractivity contribution is 7.51. The molecule has 3 N–H and O–H groups in total. The number of fused-ring (bicyclic) bond motifs is 2. The number of anilines is 1. The van der Waals surface area contributed by atoms with Crippen LogP contribution in [-0.4, -0.2) is 49.3 Å². The number of esters is 1. The smallest absolute Gasteiger partial charge is 0.407 e. The lowest BCUT2D eigenvalue weighted by molar-refractivity contribution is -0.148. The van der Waals surface area contributed by atoms with Crippen molar-refractivity contribution >= 4 is 30.7 Å². The monoisotopic (exact) mass is 528 g/mol. The number of imidazole rings is 1. The van der Waals surface area contributed by atoms with Crippen molar-refractivity contribution in [2.75, 3.05) is 12.3 Å². The van der Waals surface area contributed by atoms with Gasteiger partial charge in [0.15, 0.2) is 22.6 Å². The second kappa shape index (κ2) is 8.58. The third-order valence-electron chi connectivity index (χ3n) is 6.68. The molecule has 0 bridgehead atoms. The fourth-order valence-electron chi connectivity index (χ4n) is 4.50. The number of hydrogen-bond acceptors (Lipinski definition) is 10. The van der Waals surface area contributed by atoms with Gasteiger partial charge in [0.05, 0.1) is 6.33 Å². The van der Waals surface area contributed by atoms with Crippen molar-refractivity contribution in [1.29, 1.82) is 0 Å². The van der Waals surface area contributed by atoms with E-state index in [1.54, 1.807) is 0 Å². The average molecular weight is 528 g/mol. The van der Waals surface area contributed by atoms with Crippen LogP contribution in [0.25, 0.3) is 11.2 Å². The molecule has 3 aromatic rings. The minimum atomic E-state index is -3.97. The molecular weight excluding hydrogens is 506 g/mol. The number of ether oxygens (including phenoxy) is 2. The van der Waals surface area contributed by atoms with Crippen LogP contribution in [0.1, 0.15) is 31.1 Å². The fraction of sp³-hybridized carbons (Fsp3) is 0.391. The van der Waals surface area contributed by atoms with Crippen LogP contribution in [0.2, 0.25) is 0 Å². The minimum absolute atomic E-state index is 0.0843. The topological polar surface area (TPSA) is 153 Å². The van der Waals surface area contributed by atoms with Gasteiger partial charge in [-0.1, -0.05) is 36.3 Å². The molecule has 2 saturated heterocycles. The lowest BCUT2D eigenvalue weighted by Gasteiger charge is -2.38. The zero-order chi connectivity index (χ0) is 25.8. The van der Waals surface area contributed by atoms with Gasteiger partial charge in [0.2, 0.25) is 0 Å². The predicted octanol–water partition coefficient (Wildman–Crippen LogP) is 2.23. The number of carbonyl (C=O) groups is 1. The quantitative estimate of drug-likeness (QED) is 0.210. The van der Waals surface area contributed by atoms with Gasteiger partial charge in [-0.25, -0.2) is 14.6 Å². The molecule has 14 heteroatoms. The van der Waals surface area contributed by atoms with Gasteiger partial charge in [0, 0.05) is 6.42 Å². The number of aromatic nitrogens is 4. The molecule has 1 unspecified atom stereocenters. The summed E-state index contributed by atoms with van der Waals surface area (Å²) in [4.78, 5) is 24.2. The van der Waals surface area contributed by atoms with Crippen molar-refractivity contribution in [3.63, 3.8) is 0 Å². The second-order valence-electron chi connectivity index (χ2n) is 9.16. The molecule has 192 valence electrons. The van der Waals surface area contributed by atoms with E-state index in [9.17, 15) is 13.8 Å². The van der Waals surface area contributed by atoms with Crippen molar-refractivity contribution in [3.05, 3.63) is 48.3 Å². The van der Waals surface area contributed by atoms with E-state index >= 15 is 0 Å². The van der Waals surface area contributed by atoms with Crippen molar-refractivity contribution in [3.8, 4) is 12.3 Å².